The number of carbonyl (C=O) groups excluding carboxylic acids is 2. The summed E-state index contributed by atoms with van der Waals surface area (Å²) in [4.78, 5) is 24.3. The molecule has 178 valence electrons. The number of ether oxygens (including phenoxy) is 2. The van der Waals surface area contributed by atoms with E-state index in [2.05, 4.69) is 52.9 Å². The lowest BCUT2D eigenvalue weighted by atomic mass is 10.0. The Morgan fingerprint density at radius 2 is 1.76 bits per heavy atom. The van der Waals surface area contributed by atoms with Crippen LogP contribution in [0.5, 0.6) is 11.5 Å². The molecule has 2 rings (SSSR count). The molecule has 33 heavy (non-hydrogen) atoms. The van der Waals surface area contributed by atoms with Gasteiger partial charge in [0.25, 0.3) is 11.8 Å². The second-order valence-electron chi connectivity index (χ2n) is 7.67. The number of hydrazine groups is 1. The van der Waals surface area contributed by atoms with Gasteiger partial charge in [-0.3, -0.25) is 25.8 Å². The fourth-order valence-electron chi connectivity index (χ4n) is 2.75. The second-order valence-corrected chi connectivity index (χ2v) is 8.93. The largest absolute Gasteiger partial charge is 0.494 e. The maximum absolute atomic E-state index is 12.3. The molecular weight excluding hydrogens is 506 g/mol. The molecule has 0 saturated carbocycles. The van der Waals surface area contributed by atoms with E-state index in [1.54, 1.807) is 24.3 Å². The van der Waals surface area contributed by atoms with Crippen molar-refractivity contribution < 1.29 is 19.1 Å². The number of carbonyl (C=O) groups is 2. The number of nitrogens with one attached hydrogen (secondary N) is 3. The van der Waals surface area contributed by atoms with Crippen LogP contribution in [0.2, 0.25) is 0 Å². The average molecular weight is 536 g/mol. The molecule has 0 unspecified atom stereocenters. The lowest BCUT2D eigenvalue weighted by Gasteiger charge is -2.13. The molecule has 0 fully saturated rings. The SMILES string of the molecule is CCCCCOc1ccc(C(=O)NC(=S)NNC(=O)COc2ccc(C(C)C)cc2Br)cc1. The molecule has 9 heteroatoms. The van der Waals surface area contributed by atoms with Gasteiger partial charge in [-0.05, 0) is 82.4 Å². The van der Waals surface area contributed by atoms with Crippen molar-refractivity contribution in [2.45, 2.75) is 46.0 Å². The first-order valence-electron chi connectivity index (χ1n) is 10.9. The predicted octanol–water partition coefficient (Wildman–Crippen LogP) is 4.86. The van der Waals surface area contributed by atoms with E-state index in [0.717, 1.165) is 29.3 Å². The van der Waals surface area contributed by atoms with Gasteiger partial charge in [0.05, 0.1) is 11.1 Å². The number of halogens is 1. The number of hydrogen-bond donors (Lipinski definition) is 3. The van der Waals surface area contributed by atoms with E-state index in [0.29, 0.717) is 29.6 Å². The van der Waals surface area contributed by atoms with Crippen LogP contribution in [0.25, 0.3) is 0 Å². The lowest BCUT2D eigenvalue weighted by Crippen LogP contribution is -2.49. The van der Waals surface area contributed by atoms with Gasteiger partial charge in [0.1, 0.15) is 11.5 Å². The van der Waals surface area contributed by atoms with Gasteiger partial charge >= 0.3 is 0 Å². The molecule has 0 aromatic heterocycles. The molecule has 3 N–H and O–H groups in total. The van der Waals surface area contributed by atoms with E-state index in [4.69, 9.17) is 21.7 Å². The van der Waals surface area contributed by atoms with Crippen LogP contribution in [0.4, 0.5) is 0 Å². The third kappa shape index (κ3) is 9.39. The van der Waals surface area contributed by atoms with Gasteiger partial charge in [0.15, 0.2) is 11.7 Å². The Balaban J connectivity index is 1.72. The summed E-state index contributed by atoms with van der Waals surface area (Å²) in [5.74, 6) is 0.811. The van der Waals surface area contributed by atoms with Crippen molar-refractivity contribution in [3.8, 4) is 11.5 Å². The molecule has 0 heterocycles. The summed E-state index contributed by atoms with van der Waals surface area (Å²) in [5.41, 5.74) is 6.47. The van der Waals surface area contributed by atoms with Crippen LogP contribution in [0.3, 0.4) is 0 Å². The monoisotopic (exact) mass is 535 g/mol. The molecule has 2 aromatic carbocycles. The Kier molecular flexibility index (Phi) is 11.1. The maximum Gasteiger partial charge on any atom is 0.276 e. The van der Waals surface area contributed by atoms with Gasteiger partial charge in [-0.2, -0.15) is 0 Å². The minimum absolute atomic E-state index is 0.0318. The zero-order chi connectivity index (χ0) is 24.2. The first kappa shape index (κ1) is 26.6. The Hall–Kier alpha value is -2.65. The second kappa shape index (κ2) is 13.8. The van der Waals surface area contributed by atoms with Crippen LogP contribution in [0, 0.1) is 0 Å². The fraction of sp³-hybridized carbons (Fsp3) is 0.375. The third-order valence-corrected chi connectivity index (χ3v) is 5.48. The summed E-state index contributed by atoms with van der Waals surface area (Å²) in [6.07, 6.45) is 3.25. The van der Waals surface area contributed by atoms with Gasteiger partial charge in [-0.15, -0.1) is 0 Å². The molecule has 0 atom stereocenters. The number of benzene rings is 2. The van der Waals surface area contributed by atoms with Crippen molar-refractivity contribution >= 4 is 45.1 Å². The molecule has 0 bridgehead atoms. The molecule has 0 saturated heterocycles. The van der Waals surface area contributed by atoms with Crippen LogP contribution in [0.15, 0.2) is 46.9 Å². The van der Waals surface area contributed by atoms with Crippen LogP contribution >= 0.6 is 28.1 Å². The summed E-state index contributed by atoms with van der Waals surface area (Å²) in [7, 11) is 0. The molecule has 0 radical (unpaired) electrons. The average Bonchev–Trinajstić information content (AvgIpc) is 2.80. The minimum Gasteiger partial charge on any atom is -0.494 e. The van der Waals surface area contributed by atoms with Gasteiger partial charge in [-0.1, -0.05) is 39.7 Å². The highest BCUT2D eigenvalue weighted by Gasteiger charge is 2.11. The van der Waals surface area contributed by atoms with Crippen molar-refractivity contribution in [3.63, 3.8) is 0 Å². The first-order chi connectivity index (χ1) is 15.8. The van der Waals surface area contributed by atoms with Crippen LogP contribution < -0.4 is 25.6 Å². The van der Waals surface area contributed by atoms with Crippen molar-refractivity contribution in [2.24, 2.45) is 0 Å². The first-order valence-corrected chi connectivity index (χ1v) is 12.1. The van der Waals surface area contributed by atoms with Gasteiger partial charge in [-0.25, -0.2) is 0 Å². The number of thiocarbonyl (C=S) groups is 1. The van der Waals surface area contributed by atoms with Crippen molar-refractivity contribution in [1.29, 1.82) is 0 Å². The number of amides is 2. The summed E-state index contributed by atoms with van der Waals surface area (Å²) < 4.78 is 11.9. The number of unbranched alkanes of at least 4 members (excludes halogenated alkanes) is 2. The summed E-state index contributed by atoms with van der Waals surface area (Å²) in [6.45, 7) is 6.77. The van der Waals surface area contributed by atoms with Crippen LogP contribution in [0.1, 0.15) is 61.9 Å². The van der Waals surface area contributed by atoms with Crippen molar-refractivity contribution in [2.75, 3.05) is 13.2 Å². The molecule has 0 aliphatic rings. The van der Waals surface area contributed by atoms with Crippen LogP contribution in [-0.4, -0.2) is 30.1 Å². The summed E-state index contributed by atoms with van der Waals surface area (Å²) in [6, 6.07) is 12.5. The fourth-order valence-corrected chi connectivity index (χ4v) is 3.40. The van der Waals surface area contributed by atoms with E-state index in [1.165, 1.54) is 0 Å². The predicted molar refractivity (Wildman–Crippen MR) is 137 cm³/mol. The summed E-state index contributed by atoms with van der Waals surface area (Å²) in [5, 5.41) is 2.48. The highest BCUT2D eigenvalue weighted by atomic mass is 79.9. The Morgan fingerprint density at radius 3 is 2.39 bits per heavy atom. The molecule has 0 spiro atoms. The molecule has 0 aliphatic heterocycles. The Morgan fingerprint density at radius 1 is 1.03 bits per heavy atom. The number of hydrogen-bond acceptors (Lipinski definition) is 5. The minimum atomic E-state index is -0.448. The van der Waals surface area contributed by atoms with Gasteiger partial charge < -0.3 is 9.47 Å². The summed E-state index contributed by atoms with van der Waals surface area (Å²) >= 11 is 8.51. The zero-order valence-electron chi connectivity index (χ0n) is 19.1. The molecule has 2 amide bonds. The normalized spacial score (nSPS) is 10.5. The van der Waals surface area contributed by atoms with Crippen molar-refractivity contribution in [3.05, 3.63) is 58.1 Å². The van der Waals surface area contributed by atoms with Gasteiger partial charge in [0.2, 0.25) is 0 Å². The Labute approximate surface area is 208 Å². The smallest absolute Gasteiger partial charge is 0.276 e. The Bertz CT molecular complexity index is 951. The third-order valence-electron chi connectivity index (χ3n) is 4.66. The zero-order valence-corrected chi connectivity index (χ0v) is 21.5. The number of rotatable bonds is 10. The topological polar surface area (TPSA) is 88.7 Å². The quantitative estimate of drug-likeness (QED) is 0.229. The van der Waals surface area contributed by atoms with Crippen LogP contribution in [-0.2, 0) is 4.79 Å². The highest BCUT2D eigenvalue weighted by Crippen LogP contribution is 2.28. The molecule has 0 aliphatic carbocycles. The maximum atomic E-state index is 12.3. The highest BCUT2D eigenvalue weighted by molar-refractivity contribution is 9.10. The molecule has 2 aromatic rings. The van der Waals surface area contributed by atoms with Crippen molar-refractivity contribution in [1.82, 2.24) is 16.2 Å². The molecule has 7 nitrogen and oxygen atoms in total. The molecular formula is C24H30BrN3O4S. The van der Waals surface area contributed by atoms with E-state index >= 15 is 0 Å². The van der Waals surface area contributed by atoms with E-state index in [1.807, 2.05) is 18.2 Å². The van der Waals surface area contributed by atoms with Gasteiger partial charge in [0, 0.05) is 5.56 Å². The van der Waals surface area contributed by atoms with E-state index in [-0.39, 0.29) is 11.7 Å². The lowest BCUT2D eigenvalue weighted by molar-refractivity contribution is -0.123. The van der Waals surface area contributed by atoms with E-state index in [9.17, 15) is 9.59 Å². The standard InChI is InChI=1S/C24H30BrN3O4S/c1-4-5-6-13-31-19-10-7-17(8-11-19)23(30)26-24(33)28-27-22(29)15-32-21-12-9-18(16(2)3)14-20(21)25/h7-12,14,16H,4-6,13,15H2,1-3H3,(H,27,29)(H2,26,28,30,33). The van der Waals surface area contributed by atoms with E-state index < -0.39 is 11.8 Å².